The van der Waals surface area contributed by atoms with Crippen molar-refractivity contribution in [2.45, 2.75) is 31.7 Å². The zero-order chi connectivity index (χ0) is 13.1. The first kappa shape index (κ1) is 11.2. The quantitative estimate of drug-likeness (QED) is 0.923. The van der Waals surface area contributed by atoms with Crippen molar-refractivity contribution in [2.24, 2.45) is 11.8 Å². The van der Waals surface area contributed by atoms with Crippen molar-refractivity contribution in [3.05, 3.63) is 23.8 Å². The Morgan fingerprint density at radius 1 is 1.16 bits per heavy atom. The second-order valence-corrected chi connectivity index (χ2v) is 5.73. The summed E-state index contributed by atoms with van der Waals surface area (Å²) in [5.41, 5.74) is 6.65. The van der Waals surface area contributed by atoms with Gasteiger partial charge in [-0.2, -0.15) is 0 Å². The van der Waals surface area contributed by atoms with Crippen LogP contribution in [0.1, 0.15) is 31.7 Å². The molecule has 2 N–H and O–H groups in total. The van der Waals surface area contributed by atoms with E-state index in [2.05, 4.69) is 4.98 Å². The van der Waals surface area contributed by atoms with E-state index in [0.29, 0.717) is 23.3 Å². The van der Waals surface area contributed by atoms with Gasteiger partial charge in [-0.1, -0.05) is 0 Å². The number of imidazole rings is 1. The number of hydrogen-bond acceptors (Lipinski definition) is 2. The summed E-state index contributed by atoms with van der Waals surface area (Å²) in [6, 6.07) is 2.80. The van der Waals surface area contributed by atoms with E-state index in [1.807, 2.05) is 0 Å². The molecular formula is C14H15F2N3. The van der Waals surface area contributed by atoms with E-state index in [9.17, 15) is 8.78 Å². The zero-order valence-electron chi connectivity index (χ0n) is 10.4. The number of fused-ring (bicyclic) bond motifs is 1. The fraction of sp³-hybridized carbons (Fsp3) is 0.500. The number of rotatable bonds is 3. The summed E-state index contributed by atoms with van der Waals surface area (Å²) in [7, 11) is 0. The minimum absolute atomic E-state index is 0.196. The van der Waals surface area contributed by atoms with Crippen LogP contribution < -0.4 is 5.73 Å². The molecule has 1 aromatic carbocycles. The molecule has 3 nitrogen and oxygen atoms in total. The molecule has 0 aliphatic heterocycles. The van der Waals surface area contributed by atoms with E-state index in [0.717, 1.165) is 31.7 Å². The number of nitrogens with zero attached hydrogens (tertiary/aromatic N) is 2. The lowest BCUT2D eigenvalue weighted by atomic mass is 10.1. The maximum atomic E-state index is 14.1. The lowest BCUT2D eigenvalue weighted by molar-refractivity contribution is 0.403. The maximum absolute atomic E-state index is 14.1. The molecule has 0 radical (unpaired) electrons. The van der Waals surface area contributed by atoms with E-state index >= 15 is 0 Å². The van der Waals surface area contributed by atoms with Crippen molar-refractivity contribution in [3.63, 3.8) is 0 Å². The van der Waals surface area contributed by atoms with Gasteiger partial charge in [0.05, 0.1) is 5.52 Å². The Hall–Kier alpha value is -1.65. The van der Waals surface area contributed by atoms with Gasteiger partial charge in [-0.3, -0.25) is 0 Å². The topological polar surface area (TPSA) is 43.8 Å². The second-order valence-electron chi connectivity index (χ2n) is 5.73. The second kappa shape index (κ2) is 3.68. The van der Waals surface area contributed by atoms with E-state index in [4.69, 9.17) is 5.73 Å². The lowest BCUT2D eigenvalue weighted by Gasteiger charge is -2.20. The minimum atomic E-state index is -0.834. The zero-order valence-corrected chi connectivity index (χ0v) is 10.4. The smallest absolute Gasteiger partial charge is 0.201 e. The monoisotopic (exact) mass is 263 g/mol. The third-order valence-electron chi connectivity index (χ3n) is 4.28. The highest BCUT2D eigenvalue weighted by atomic mass is 19.2. The largest absolute Gasteiger partial charge is 0.369 e. The Bertz CT molecular complexity index is 644. The standard InChI is InChI=1S/C14H15F2N3/c15-9-5-6-10-13(11(9)16)19(14(17)18-10)12(7-1-2-7)8-3-4-8/h5-8,12H,1-4H2,(H2,17,18). The third kappa shape index (κ3) is 1.64. The van der Waals surface area contributed by atoms with Crippen molar-refractivity contribution in [2.75, 3.05) is 5.73 Å². The number of nitrogen functional groups attached to an aromatic ring is 1. The highest BCUT2D eigenvalue weighted by molar-refractivity contribution is 5.79. The SMILES string of the molecule is Nc1nc2ccc(F)c(F)c2n1C(C1CC1)C1CC1. The van der Waals surface area contributed by atoms with Crippen molar-refractivity contribution in [1.29, 1.82) is 0 Å². The predicted molar refractivity (Wildman–Crippen MR) is 68.5 cm³/mol. The Morgan fingerprint density at radius 3 is 2.37 bits per heavy atom. The molecule has 0 atom stereocenters. The number of anilines is 1. The molecule has 4 rings (SSSR count). The Morgan fingerprint density at radius 2 is 1.79 bits per heavy atom. The average Bonchev–Trinajstić information content (AvgIpc) is 3.25. The molecule has 5 heteroatoms. The lowest BCUT2D eigenvalue weighted by Crippen LogP contribution is -2.16. The molecular weight excluding hydrogens is 248 g/mol. The van der Waals surface area contributed by atoms with Crippen LogP contribution in [0.2, 0.25) is 0 Å². The number of nitrogens with two attached hydrogens (primary N) is 1. The Labute approximate surface area is 109 Å². The summed E-state index contributed by atoms with van der Waals surface area (Å²) >= 11 is 0. The molecule has 0 saturated heterocycles. The van der Waals surface area contributed by atoms with Gasteiger partial charge < -0.3 is 10.3 Å². The Balaban J connectivity index is 1.96. The molecule has 0 unspecified atom stereocenters. The van der Waals surface area contributed by atoms with Crippen molar-refractivity contribution < 1.29 is 8.78 Å². The molecule has 2 saturated carbocycles. The molecule has 0 amide bonds. The molecule has 1 aromatic heterocycles. The van der Waals surface area contributed by atoms with Crippen LogP contribution in [0.4, 0.5) is 14.7 Å². The highest BCUT2D eigenvalue weighted by Gasteiger charge is 2.44. The molecule has 100 valence electrons. The van der Waals surface area contributed by atoms with Crippen molar-refractivity contribution in [1.82, 2.24) is 9.55 Å². The van der Waals surface area contributed by atoms with E-state index in [1.54, 1.807) is 4.57 Å². The first-order chi connectivity index (χ1) is 9.16. The predicted octanol–water partition coefficient (Wildman–Crippen LogP) is 3.26. The van der Waals surface area contributed by atoms with E-state index < -0.39 is 11.6 Å². The van der Waals surface area contributed by atoms with Gasteiger partial charge in [-0.15, -0.1) is 0 Å². The summed E-state index contributed by atoms with van der Waals surface area (Å²) in [4.78, 5) is 4.19. The van der Waals surface area contributed by atoms with Gasteiger partial charge in [0.1, 0.15) is 5.52 Å². The molecule has 19 heavy (non-hydrogen) atoms. The first-order valence-electron chi connectivity index (χ1n) is 6.78. The molecule has 0 bridgehead atoms. The van der Waals surface area contributed by atoms with Crippen LogP contribution in [0.5, 0.6) is 0 Å². The van der Waals surface area contributed by atoms with Gasteiger partial charge in [-0.25, -0.2) is 13.8 Å². The summed E-state index contributed by atoms with van der Waals surface area (Å²) < 4.78 is 29.3. The Kier molecular flexibility index (Phi) is 2.17. The fourth-order valence-corrected chi connectivity index (χ4v) is 3.12. The number of hydrogen-bond donors (Lipinski definition) is 1. The summed E-state index contributed by atoms with van der Waals surface area (Å²) in [5, 5.41) is 0. The van der Waals surface area contributed by atoms with Gasteiger partial charge in [0.2, 0.25) is 5.95 Å². The highest BCUT2D eigenvalue weighted by Crippen LogP contribution is 2.53. The number of halogens is 2. The van der Waals surface area contributed by atoms with Crippen LogP contribution in [0.15, 0.2) is 12.1 Å². The molecule has 2 aliphatic rings. The third-order valence-corrected chi connectivity index (χ3v) is 4.28. The summed E-state index contributed by atoms with van der Waals surface area (Å²) in [5.74, 6) is -0.250. The summed E-state index contributed by atoms with van der Waals surface area (Å²) in [6.45, 7) is 0. The van der Waals surface area contributed by atoms with Crippen molar-refractivity contribution >= 4 is 17.0 Å². The van der Waals surface area contributed by atoms with Crippen LogP contribution in [0.25, 0.3) is 11.0 Å². The van der Waals surface area contributed by atoms with Crippen LogP contribution >= 0.6 is 0 Å². The van der Waals surface area contributed by atoms with Crippen LogP contribution in [-0.2, 0) is 0 Å². The van der Waals surface area contributed by atoms with Crippen LogP contribution in [-0.4, -0.2) is 9.55 Å². The fourth-order valence-electron chi connectivity index (χ4n) is 3.12. The van der Waals surface area contributed by atoms with Gasteiger partial charge >= 0.3 is 0 Å². The van der Waals surface area contributed by atoms with Crippen molar-refractivity contribution in [3.8, 4) is 0 Å². The van der Waals surface area contributed by atoms with Gasteiger partial charge in [0.15, 0.2) is 11.6 Å². The van der Waals surface area contributed by atoms with Gasteiger partial charge in [-0.05, 0) is 49.7 Å². The molecule has 2 aliphatic carbocycles. The molecule has 1 heterocycles. The molecule has 2 aromatic rings. The normalized spacial score (nSPS) is 19.5. The van der Waals surface area contributed by atoms with Gasteiger partial charge in [0, 0.05) is 6.04 Å². The van der Waals surface area contributed by atoms with Crippen LogP contribution in [0, 0.1) is 23.5 Å². The van der Waals surface area contributed by atoms with Gasteiger partial charge in [0.25, 0.3) is 0 Å². The molecule has 2 fully saturated rings. The van der Waals surface area contributed by atoms with E-state index in [-0.39, 0.29) is 11.6 Å². The number of benzene rings is 1. The number of aromatic nitrogens is 2. The molecule has 0 spiro atoms. The van der Waals surface area contributed by atoms with Crippen LogP contribution in [0.3, 0.4) is 0 Å². The average molecular weight is 263 g/mol. The minimum Gasteiger partial charge on any atom is -0.369 e. The maximum Gasteiger partial charge on any atom is 0.201 e. The first-order valence-corrected chi connectivity index (χ1v) is 6.78. The summed E-state index contributed by atoms with van der Waals surface area (Å²) in [6.07, 6.45) is 4.60. The van der Waals surface area contributed by atoms with E-state index in [1.165, 1.54) is 6.07 Å².